The number of hydrogen-bond donors (Lipinski definition) is 0. The molecule has 0 radical (unpaired) electrons. The predicted molar refractivity (Wildman–Crippen MR) is 128 cm³/mol. The number of halogens is 3. The highest BCUT2D eigenvalue weighted by Gasteiger charge is 2.14. The van der Waals surface area contributed by atoms with Gasteiger partial charge in [0, 0.05) is 11.1 Å². The molecule has 0 aliphatic carbocycles. The molecule has 0 aliphatic rings. The summed E-state index contributed by atoms with van der Waals surface area (Å²) in [6, 6.07) is 17.1. The summed E-state index contributed by atoms with van der Waals surface area (Å²) in [5.41, 5.74) is 2.79. The van der Waals surface area contributed by atoms with E-state index in [1.165, 1.54) is 13.2 Å². The van der Waals surface area contributed by atoms with E-state index in [4.69, 9.17) is 32.7 Å². The Bertz CT molecular complexity index is 1210. The van der Waals surface area contributed by atoms with E-state index in [0.717, 1.165) is 11.1 Å². The second kappa shape index (κ2) is 10.9. The zero-order valence-corrected chi connectivity index (χ0v) is 18.9. The van der Waals surface area contributed by atoms with E-state index in [9.17, 15) is 9.65 Å². The average molecular weight is 468 g/mol. The molecule has 0 aromatic heterocycles. The van der Waals surface area contributed by atoms with E-state index in [1.54, 1.807) is 48.6 Å². The largest absolute Gasteiger partial charge is 0.493 e. The molecule has 0 saturated heterocycles. The Kier molecular flexibility index (Phi) is 7.94. The van der Waals surface area contributed by atoms with Crippen molar-refractivity contribution >= 4 is 34.9 Å². The third-order valence-corrected chi connectivity index (χ3v) is 5.44. The highest BCUT2D eigenvalue weighted by atomic mass is 35.5. The van der Waals surface area contributed by atoms with Gasteiger partial charge in [-0.15, -0.1) is 6.58 Å². The number of rotatable bonds is 8. The van der Waals surface area contributed by atoms with Crippen LogP contribution in [-0.2, 0) is 13.0 Å². The van der Waals surface area contributed by atoms with Crippen molar-refractivity contribution < 1.29 is 13.9 Å². The smallest absolute Gasteiger partial charge is 0.165 e. The van der Waals surface area contributed by atoms with Gasteiger partial charge in [-0.3, -0.25) is 0 Å². The normalized spacial score (nSPS) is 11.0. The van der Waals surface area contributed by atoms with E-state index in [2.05, 4.69) is 12.6 Å². The summed E-state index contributed by atoms with van der Waals surface area (Å²) in [6.45, 7) is 4.07. The first-order chi connectivity index (χ1) is 15.5. The summed E-state index contributed by atoms with van der Waals surface area (Å²) in [6.07, 6.45) is 3.88. The van der Waals surface area contributed by atoms with E-state index < -0.39 is 5.82 Å². The molecule has 3 aromatic carbocycles. The van der Waals surface area contributed by atoms with Crippen LogP contribution in [0.4, 0.5) is 4.39 Å². The van der Waals surface area contributed by atoms with E-state index in [1.807, 2.05) is 12.1 Å². The maximum Gasteiger partial charge on any atom is 0.165 e. The van der Waals surface area contributed by atoms with Gasteiger partial charge < -0.3 is 9.47 Å². The van der Waals surface area contributed by atoms with Gasteiger partial charge in [-0.25, -0.2) is 4.39 Å². The molecule has 0 saturated carbocycles. The zero-order valence-electron chi connectivity index (χ0n) is 17.4. The molecular formula is C26H20Cl2FNO2. The number of nitriles is 1. The van der Waals surface area contributed by atoms with Crippen LogP contribution in [0.3, 0.4) is 0 Å². The fourth-order valence-electron chi connectivity index (χ4n) is 3.19. The van der Waals surface area contributed by atoms with Crippen LogP contribution in [0, 0.1) is 17.1 Å². The number of ether oxygens (including phenoxy) is 2. The lowest BCUT2D eigenvalue weighted by atomic mass is 10.0. The van der Waals surface area contributed by atoms with Crippen molar-refractivity contribution in [3.8, 4) is 17.6 Å². The van der Waals surface area contributed by atoms with Gasteiger partial charge in [0.2, 0.25) is 0 Å². The van der Waals surface area contributed by atoms with Crippen LogP contribution in [0.15, 0.2) is 67.3 Å². The van der Waals surface area contributed by atoms with E-state index >= 15 is 0 Å². The Hall–Kier alpha value is -3.26. The first-order valence-corrected chi connectivity index (χ1v) is 10.5. The van der Waals surface area contributed by atoms with Gasteiger partial charge in [0.1, 0.15) is 12.4 Å². The summed E-state index contributed by atoms with van der Waals surface area (Å²) in [4.78, 5) is 0. The molecule has 0 fully saturated rings. The molecule has 6 heteroatoms. The Morgan fingerprint density at radius 2 is 1.91 bits per heavy atom. The Labute approximate surface area is 196 Å². The van der Waals surface area contributed by atoms with Crippen molar-refractivity contribution in [2.75, 3.05) is 7.11 Å². The molecule has 3 rings (SSSR count). The van der Waals surface area contributed by atoms with Crippen molar-refractivity contribution in [1.82, 2.24) is 0 Å². The van der Waals surface area contributed by atoms with Crippen LogP contribution in [-0.4, -0.2) is 7.11 Å². The third kappa shape index (κ3) is 5.50. The van der Waals surface area contributed by atoms with Gasteiger partial charge >= 0.3 is 0 Å². The fourth-order valence-corrected chi connectivity index (χ4v) is 3.51. The van der Waals surface area contributed by atoms with Crippen LogP contribution >= 0.6 is 23.2 Å². The summed E-state index contributed by atoms with van der Waals surface area (Å²) in [5, 5.41) is 10.5. The lowest BCUT2D eigenvalue weighted by molar-refractivity contribution is 0.282. The predicted octanol–water partition coefficient (Wildman–Crippen LogP) is 7.51. The topological polar surface area (TPSA) is 42.2 Å². The number of benzene rings is 3. The van der Waals surface area contributed by atoms with Gasteiger partial charge in [0.05, 0.1) is 28.8 Å². The van der Waals surface area contributed by atoms with Crippen LogP contribution in [0.2, 0.25) is 10.0 Å². The summed E-state index contributed by atoms with van der Waals surface area (Å²) in [7, 11) is 1.54. The monoisotopic (exact) mass is 467 g/mol. The van der Waals surface area contributed by atoms with E-state index in [0.29, 0.717) is 33.5 Å². The second-order valence-electron chi connectivity index (χ2n) is 6.89. The van der Waals surface area contributed by atoms with E-state index in [-0.39, 0.29) is 17.7 Å². The maximum absolute atomic E-state index is 14.2. The van der Waals surface area contributed by atoms with Crippen LogP contribution in [0.5, 0.6) is 11.5 Å². The lowest BCUT2D eigenvalue weighted by Gasteiger charge is -2.16. The third-order valence-electron chi connectivity index (χ3n) is 4.70. The van der Waals surface area contributed by atoms with Crippen LogP contribution in [0.25, 0.3) is 11.6 Å². The Morgan fingerprint density at radius 1 is 1.12 bits per heavy atom. The molecule has 0 unspecified atom stereocenters. The molecule has 0 atom stereocenters. The first-order valence-electron chi connectivity index (χ1n) is 9.72. The molecule has 0 N–H and O–H groups in total. The molecule has 0 amide bonds. The SMILES string of the molecule is C=CCc1cc(/C=C(/C#N)c2ccccc2F)cc(OC)c1OCc1ccc(Cl)c(Cl)c1. The first kappa shape index (κ1) is 23.4. The van der Waals surface area contributed by atoms with Crippen molar-refractivity contribution in [3.05, 3.63) is 105 Å². The number of methoxy groups -OCH3 is 1. The van der Waals surface area contributed by atoms with Gasteiger partial charge in [-0.2, -0.15) is 5.26 Å². The second-order valence-corrected chi connectivity index (χ2v) is 7.71. The van der Waals surface area contributed by atoms with Gasteiger partial charge in [0.15, 0.2) is 11.5 Å². The molecule has 162 valence electrons. The number of hydrogen-bond acceptors (Lipinski definition) is 3. The van der Waals surface area contributed by atoms with Crippen molar-refractivity contribution in [2.45, 2.75) is 13.0 Å². The minimum absolute atomic E-state index is 0.208. The van der Waals surface area contributed by atoms with Gasteiger partial charge in [0.25, 0.3) is 0 Å². The number of allylic oxidation sites excluding steroid dienone is 2. The maximum atomic E-state index is 14.2. The quantitative estimate of drug-likeness (QED) is 0.195. The standard InChI is InChI=1S/C26H20Cl2FNO2/c1-3-6-19-11-18(12-20(15-30)21-7-4-5-8-24(21)29)14-25(31-2)26(19)32-16-17-9-10-22(27)23(28)13-17/h3-5,7-14H,1,6,16H2,2H3/b20-12-. The fraction of sp³-hybridized carbons (Fsp3) is 0.115. The minimum Gasteiger partial charge on any atom is -0.493 e. The Balaban J connectivity index is 1.99. The molecule has 0 aliphatic heterocycles. The van der Waals surface area contributed by atoms with Crippen molar-refractivity contribution in [2.24, 2.45) is 0 Å². The molecule has 32 heavy (non-hydrogen) atoms. The minimum atomic E-state index is -0.458. The molecule has 0 bridgehead atoms. The highest BCUT2D eigenvalue weighted by Crippen LogP contribution is 2.36. The van der Waals surface area contributed by atoms with Crippen LogP contribution in [0.1, 0.15) is 22.3 Å². The molecular weight excluding hydrogens is 448 g/mol. The molecule has 3 nitrogen and oxygen atoms in total. The lowest BCUT2D eigenvalue weighted by Crippen LogP contribution is -2.02. The molecule has 0 heterocycles. The van der Waals surface area contributed by atoms with Gasteiger partial charge in [-0.05, 0) is 54.0 Å². The number of nitrogens with zero attached hydrogens (tertiary/aromatic N) is 1. The summed E-state index contributed by atoms with van der Waals surface area (Å²) >= 11 is 12.1. The Morgan fingerprint density at radius 3 is 2.56 bits per heavy atom. The zero-order chi connectivity index (χ0) is 23.1. The molecule has 3 aromatic rings. The van der Waals surface area contributed by atoms with Gasteiger partial charge in [-0.1, -0.05) is 53.5 Å². The van der Waals surface area contributed by atoms with Crippen molar-refractivity contribution in [1.29, 1.82) is 5.26 Å². The highest BCUT2D eigenvalue weighted by molar-refractivity contribution is 6.42. The summed E-state index contributed by atoms with van der Waals surface area (Å²) in [5.74, 6) is 0.585. The molecule has 0 spiro atoms. The summed E-state index contributed by atoms with van der Waals surface area (Å²) < 4.78 is 25.8. The van der Waals surface area contributed by atoms with Crippen LogP contribution < -0.4 is 9.47 Å². The van der Waals surface area contributed by atoms with Crippen molar-refractivity contribution in [3.63, 3.8) is 0 Å². The average Bonchev–Trinajstić information content (AvgIpc) is 2.79.